The summed E-state index contributed by atoms with van der Waals surface area (Å²) in [5, 5.41) is 3.35. The first kappa shape index (κ1) is 11.4. The van der Waals surface area contributed by atoms with Crippen molar-refractivity contribution in [2.24, 2.45) is 0 Å². The van der Waals surface area contributed by atoms with Crippen molar-refractivity contribution < 1.29 is 4.42 Å². The quantitative estimate of drug-likeness (QED) is 0.934. The van der Waals surface area contributed by atoms with Crippen molar-refractivity contribution in [1.82, 2.24) is 10.3 Å². The second-order valence-electron chi connectivity index (χ2n) is 3.58. The van der Waals surface area contributed by atoms with Gasteiger partial charge in [0.25, 0.3) is 0 Å². The maximum atomic E-state index is 5.25. The summed E-state index contributed by atoms with van der Waals surface area (Å²) in [5.74, 6) is 0.934. The highest BCUT2D eigenvalue weighted by Gasteiger charge is 2.06. The Hall–Kier alpha value is -1.13. The lowest BCUT2D eigenvalue weighted by molar-refractivity contribution is 0.457. The van der Waals surface area contributed by atoms with Crippen molar-refractivity contribution in [2.45, 2.75) is 19.5 Å². The van der Waals surface area contributed by atoms with Gasteiger partial charge in [-0.1, -0.05) is 0 Å². The Morgan fingerprint density at radius 1 is 1.44 bits per heavy atom. The number of pyridine rings is 1. The second kappa shape index (κ2) is 5.27. The van der Waals surface area contributed by atoms with Gasteiger partial charge in [0.1, 0.15) is 5.76 Å². The van der Waals surface area contributed by atoms with E-state index in [1.54, 1.807) is 12.5 Å². The molecule has 1 N–H and O–H groups in total. The highest BCUT2D eigenvalue weighted by Crippen LogP contribution is 2.13. The van der Waals surface area contributed by atoms with E-state index >= 15 is 0 Å². The van der Waals surface area contributed by atoms with Crippen LogP contribution in [0, 0.1) is 0 Å². The predicted molar refractivity (Wildman–Crippen MR) is 65.9 cm³/mol. The Morgan fingerprint density at radius 2 is 2.31 bits per heavy atom. The molecule has 0 saturated heterocycles. The fourth-order valence-corrected chi connectivity index (χ4v) is 1.65. The number of halogens is 1. The summed E-state index contributed by atoms with van der Waals surface area (Å²) < 4.78 is 6.24. The third kappa shape index (κ3) is 2.93. The van der Waals surface area contributed by atoms with Gasteiger partial charge in [-0.3, -0.25) is 4.98 Å². The van der Waals surface area contributed by atoms with Crippen LogP contribution in [-0.4, -0.2) is 4.98 Å². The van der Waals surface area contributed by atoms with Gasteiger partial charge in [-0.25, -0.2) is 0 Å². The molecule has 0 spiro atoms. The van der Waals surface area contributed by atoms with E-state index < -0.39 is 0 Å². The van der Waals surface area contributed by atoms with Crippen LogP contribution in [0.3, 0.4) is 0 Å². The van der Waals surface area contributed by atoms with E-state index in [-0.39, 0.29) is 6.04 Å². The Kier molecular flexibility index (Phi) is 3.74. The highest BCUT2D eigenvalue weighted by atomic mass is 79.9. The summed E-state index contributed by atoms with van der Waals surface area (Å²) in [6.07, 6.45) is 3.49. The van der Waals surface area contributed by atoms with Crippen molar-refractivity contribution in [3.05, 3.63) is 52.7 Å². The second-order valence-corrected chi connectivity index (χ2v) is 4.50. The van der Waals surface area contributed by atoms with Crippen LogP contribution in [0.15, 0.2) is 45.6 Å². The fraction of sp³-hybridized carbons (Fsp3) is 0.250. The molecule has 2 rings (SSSR count). The zero-order valence-corrected chi connectivity index (χ0v) is 10.6. The maximum Gasteiger partial charge on any atom is 0.117 e. The Balaban J connectivity index is 1.93. The maximum absolute atomic E-state index is 5.25. The van der Waals surface area contributed by atoms with Crippen molar-refractivity contribution in [1.29, 1.82) is 0 Å². The lowest BCUT2D eigenvalue weighted by Gasteiger charge is -2.12. The minimum atomic E-state index is 0.207. The van der Waals surface area contributed by atoms with E-state index in [2.05, 4.69) is 33.2 Å². The number of furan rings is 1. The molecule has 1 atom stereocenters. The number of rotatable bonds is 4. The van der Waals surface area contributed by atoms with Gasteiger partial charge in [-0.15, -0.1) is 0 Å². The van der Waals surface area contributed by atoms with Gasteiger partial charge in [0, 0.05) is 16.7 Å². The van der Waals surface area contributed by atoms with Crippen LogP contribution in [0.5, 0.6) is 0 Å². The lowest BCUT2D eigenvalue weighted by atomic mass is 10.2. The summed E-state index contributed by atoms with van der Waals surface area (Å²) in [6.45, 7) is 2.80. The molecule has 0 amide bonds. The molecular formula is C12H13BrN2O. The van der Waals surface area contributed by atoms with Gasteiger partial charge in [0.2, 0.25) is 0 Å². The molecule has 0 aliphatic heterocycles. The standard InChI is InChI=1S/C12H13BrN2O/c1-9(12-5-4-10(13)7-15-12)14-8-11-3-2-6-16-11/h2-7,9,14H,8H2,1H3/t9-/m0/s1. The van der Waals surface area contributed by atoms with Gasteiger partial charge >= 0.3 is 0 Å². The van der Waals surface area contributed by atoms with E-state index in [9.17, 15) is 0 Å². The van der Waals surface area contributed by atoms with Gasteiger partial charge in [0.15, 0.2) is 0 Å². The van der Waals surface area contributed by atoms with Crippen LogP contribution in [0.25, 0.3) is 0 Å². The number of nitrogens with zero attached hydrogens (tertiary/aromatic N) is 1. The number of hydrogen-bond donors (Lipinski definition) is 1. The normalized spacial score (nSPS) is 12.6. The molecule has 3 nitrogen and oxygen atoms in total. The van der Waals surface area contributed by atoms with E-state index in [4.69, 9.17) is 4.42 Å². The van der Waals surface area contributed by atoms with E-state index in [1.165, 1.54) is 0 Å². The molecule has 16 heavy (non-hydrogen) atoms. The van der Waals surface area contributed by atoms with Crippen LogP contribution < -0.4 is 5.32 Å². The van der Waals surface area contributed by atoms with Crippen LogP contribution >= 0.6 is 15.9 Å². The molecule has 0 saturated carbocycles. The monoisotopic (exact) mass is 280 g/mol. The molecule has 0 unspecified atom stereocenters. The zero-order chi connectivity index (χ0) is 11.4. The summed E-state index contributed by atoms with van der Waals surface area (Å²) in [7, 11) is 0. The Bertz CT molecular complexity index is 425. The van der Waals surface area contributed by atoms with Crippen LogP contribution in [0.2, 0.25) is 0 Å². The molecule has 2 heterocycles. The topological polar surface area (TPSA) is 38.1 Å². The van der Waals surface area contributed by atoms with Gasteiger partial charge in [-0.2, -0.15) is 0 Å². The van der Waals surface area contributed by atoms with Gasteiger partial charge < -0.3 is 9.73 Å². The Labute approximate surface area is 103 Å². The third-order valence-corrected chi connectivity index (χ3v) is 2.83. The minimum absolute atomic E-state index is 0.207. The smallest absolute Gasteiger partial charge is 0.117 e. The van der Waals surface area contributed by atoms with Gasteiger partial charge in [0.05, 0.1) is 18.5 Å². The SMILES string of the molecule is C[C@H](NCc1ccco1)c1ccc(Br)cn1. The van der Waals surface area contributed by atoms with E-state index in [1.807, 2.05) is 24.3 Å². The van der Waals surface area contributed by atoms with Gasteiger partial charge in [-0.05, 0) is 47.1 Å². The van der Waals surface area contributed by atoms with Crippen molar-refractivity contribution in [3.63, 3.8) is 0 Å². The molecule has 0 aromatic carbocycles. The highest BCUT2D eigenvalue weighted by molar-refractivity contribution is 9.10. The van der Waals surface area contributed by atoms with Crippen LogP contribution in [-0.2, 0) is 6.54 Å². The Morgan fingerprint density at radius 3 is 2.94 bits per heavy atom. The largest absolute Gasteiger partial charge is 0.468 e. The first-order chi connectivity index (χ1) is 7.75. The number of nitrogens with one attached hydrogen (secondary N) is 1. The zero-order valence-electron chi connectivity index (χ0n) is 8.98. The van der Waals surface area contributed by atoms with Crippen LogP contribution in [0.4, 0.5) is 0 Å². The molecule has 84 valence electrons. The first-order valence-electron chi connectivity index (χ1n) is 5.13. The first-order valence-corrected chi connectivity index (χ1v) is 5.92. The van der Waals surface area contributed by atoms with Crippen LogP contribution in [0.1, 0.15) is 24.4 Å². The summed E-state index contributed by atoms with van der Waals surface area (Å²) in [6, 6.07) is 8.05. The molecule has 2 aromatic rings. The fourth-order valence-electron chi connectivity index (χ4n) is 1.41. The molecule has 4 heteroatoms. The van der Waals surface area contributed by atoms with Crippen molar-refractivity contribution >= 4 is 15.9 Å². The average molecular weight is 281 g/mol. The third-order valence-electron chi connectivity index (χ3n) is 2.36. The molecule has 0 fully saturated rings. The van der Waals surface area contributed by atoms with E-state index in [0.717, 1.165) is 15.9 Å². The molecule has 2 aromatic heterocycles. The number of hydrogen-bond acceptors (Lipinski definition) is 3. The van der Waals surface area contributed by atoms with Crippen molar-refractivity contribution in [3.8, 4) is 0 Å². The predicted octanol–water partition coefficient (Wildman–Crippen LogP) is 3.29. The van der Waals surface area contributed by atoms with Crippen molar-refractivity contribution in [2.75, 3.05) is 0 Å². The van der Waals surface area contributed by atoms with E-state index in [0.29, 0.717) is 6.54 Å². The summed E-state index contributed by atoms with van der Waals surface area (Å²) in [5.41, 5.74) is 1.02. The molecule has 0 aliphatic carbocycles. The number of aromatic nitrogens is 1. The average Bonchev–Trinajstić information content (AvgIpc) is 2.80. The summed E-state index contributed by atoms with van der Waals surface area (Å²) in [4.78, 5) is 4.34. The lowest BCUT2D eigenvalue weighted by Crippen LogP contribution is -2.18. The molecule has 0 radical (unpaired) electrons. The molecule has 0 aliphatic rings. The molecular weight excluding hydrogens is 268 g/mol. The minimum Gasteiger partial charge on any atom is -0.468 e. The molecule has 0 bridgehead atoms. The summed E-state index contributed by atoms with van der Waals surface area (Å²) >= 11 is 3.37.